The van der Waals surface area contributed by atoms with Gasteiger partial charge in [0.1, 0.15) is 11.4 Å². The Morgan fingerprint density at radius 3 is 2.56 bits per heavy atom. The fourth-order valence-corrected chi connectivity index (χ4v) is 5.83. The lowest BCUT2D eigenvalue weighted by molar-refractivity contribution is 0.102. The molecule has 1 amide bonds. The van der Waals surface area contributed by atoms with Crippen molar-refractivity contribution >= 4 is 32.4 Å². The molecule has 0 radical (unpaired) electrons. The Morgan fingerprint density at radius 2 is 1.88 bits per heavy atom. The molecule has 0 unspecified atom stereocenters. The first-order valence-corrected chi connectivity index (χ1v) is 12.7. The average molecular weight is 473 g/mol. The molecule has 8 nitrogen and oxygen atoms in total. The minimum absolute atomic E-state index is 0.0821. The van der Waals surface area contributed by atoms with E-state index in [9.17, 15) is 13.2 Å². The number of pyridine rings is 1. The van der Waals surface area contributed by atoms with Crippen molar-refractivity contribution in [3.05, 3.63) is 53.5 Å². The van der Waals surface area contributed by atoms with Gasteiger partial charge >= 0.3 is 0 Å². The number of rotatable bonds is 6. The summed E-state index contributed by atoms with van der Waals surface area (Å²) in [6, 6.07) is 9.89. The van der Waals surface area contributed by atoms with Crippen LogP contribution in [0.2, 0.25) is 0 Å². The molecule has 3 aromatic rings. The zero-order valence-electron chi connectivity index (χ0n) is 17.7. The summed E-state index contributed by atoms with van der Waals surface area (Å²) in [6.45, 7) is 0.983. The summed E-state index contributed by atoms with van der Waals surface area (Å²) >= 11 is 1.27. The van der Waals surface area contributed by atoms with Crippen LogP contribution in [0.4, 0.5) is 5.13 Å². The first kappa shape index (κ1) is 22.4. The van der Waals surface area contributed by atoms with Gasteiger partial charge in [0.2, 0.25) is 10.0 Å². The van der Waals surface area contributed by atoms with Crippen LogP contribution in [-0.4, -0.2) is 48.8 Å². The number of nitrogens with one attached hydrogen (secondary N) is 1. The fourth-order valence-electron chi connectivity index (χ4n) is 3.58. The molecule has 1 aliphatic heterocycles. The molecule has 0 spiro atoms. The van der Waals surface area contributed by atoms with Crippen molar-refractivity contribution in [3.63, 3.8) is 0 Å². The number of anilines is 1. The van der Waals surface area contributed by atoms with Gasteiger partial charge in [-0.3, -0.25) is 15.1 Å². The summed E-state index contributed by atoms with van der Waals surface area (Å²) in [5.74, 6) is -0.199. The second-order valence-electron chi connectivity index (χ2n) is 7.39. The summed E-state index contributed by atoms with van der Waals surface area (Å²) in [5.41, 5.74) is 1.49. The molecule has 3 heterocycles. The van der Waals surface area contributed by atoms with Crippen LogP contribution in [0, 0.1) is 0 Å². The van der Waals surface area contributed by atoms with Crippen molar-refractivity contribution in [2.45, 2.75) is 30.6 Å². The number of methoxy groups -OCH3 is 1. The van der Waals surface area contributed by atoms with Crippen molar-refractivity contribution < 1.29 is 17.9 Å². The van der Waals surface area contributed by atoms with Gasteiger partial charge in [-0.25, -0.2) is 13.4 Å². The highest BCUT2D eigenvalue weighted by Gasteiger charge is 2.27. The van der Waals surface area contributed by atoms with Crippen LogP contribution >= 0.6 is 11.3 Å². The number of hydrogen-bond donors (Lipinski definition) is 1. The molecular formula is C22H24N4O4S2. The Bertz CT molecular complexity index is 1190. The van der Waals surface area contributed by atoms with Gasteiger partial charge in [-0.2, -0.15) is 4.31 Å². The van der Waals surface area contributed by atoms with Crippen molar-refractivity contribution in [1.82, 2.24) is 14.3 Å². The van der Waals surface area contributed by atoms with E-state index in [4.69, 9.17) is 4.74 Å². The molecule has 1 saturated heterocycles. The summed E-state index contributed by atoms with van der Waals surface area (Å²) in [7, 11) is -2.25. The van der Waals surface area contributed by atoms with Crippen molar-refractivity contribution in [3.8, 4) is 17.1 Å². The molecule has 10 heteroatoms. The zero-order valence-corrected chi connectivity index (χ0v) is 19.3. The summed E-state index contributed by atoms with van der Waals surface area (Å²) in [5, 5.41) is 4.93. The summed E-state index contributed by atoms with van der Waals surface area (Å²) in [6.07, 6.45) is 5.40. The molecule has 1 N–H and O–H groups in total. The minimum Gasteiger partial charge on any atom is -0.496 e. The summed E-state index contributed by atoms with van der Waals surface area (Å²) < 4.78 is 33.2. The molecule has 0 bridgehead atoms. The third-order valence-corrected chi connectivity index (χ3v) is 7.92. The fraction of sp³-hybridized carbons (Fsp3) is 0.318. The quantitative estimate of drug-likeness (QED) is 0.581. The number of carbonyl (C=O) groups excluding carboxylic acids is 1. The van der Waals surface area contributed by atoms with E-state index in [0.717, 1.165) is 25.7 Å². The monoisotopic (exact) mass is 472 g/mol. The molecule has 4 rings (SSSR count). The molecule has 1 aliphatic rings. The number of nitrogens with zero attached hydrogens (tertiary/aromatic N) is 3. The Balaban J connectivity index is 1.59. The number of thiazole rings is 1. The van der Waals surface area contributed by atoms with Crippen LogP contribution in [0.3, 0.4) is 0 Å². The van der Waals surface area contributed by atoms with Gasteiger partial charge in [0.05, 0.1) is 23.3 Å². The highest BCUT2D eigenvalue weighted by Crippen LogP contribution is 2.28. The number of carbonyl (C=O) groups is 1. The maximum Gasteiger partial charge on any atom is 0.261 e. The van der Waals surface area contributed by atoms with Crippen LogP contribution in [0.15, 0.2) is 52.9 Å². The highest BCUT2D eigenvalue weighted by atomic mass is 32.2. The Hall–Kier alpha value is -2.82. The van der Waals surface area contributed by atoms with Crippen LogP contribution < -0.4 is 10.1 Å². The summed E-state index contributed by atoms with van der Waals surface area (Å²) in [4.78, 5) is 21.8. The Morgan fingerprint density at radius 1 is 1.09 bits per heavy atom. The second-order valence-corrected chi connectivity index (χ2v) is 10.2. The van der Waals surface area contributed by atoms with E-state index < -0.39 is 15.9 Å². The lowest BCUT2D eigenvalue weighted by Gasteiger charge is -2.20. The second kappa shape index (κ2) is 9.76. The van der Waals surface area contributed by atoms with Gasteiger partial charge in [0.25, 0.3) is 5.91 Å². The van der Waals surface area contributed by atoms with E-state index in [1.807, 2.05) is 18.2 Å². The normalized spacial score (nSPS) is 15.2. The number of sulfonamides is 1. The Labute approximate surface area is 191 Å². The third-order valence-electron chi connectivity index (χ3n) is 5.27. The SMILES string of the molecule is COc1ccc(S(=O)(=O)N2CCCCCC2)cc1C(=O)Nc1nc(-c2ccccn2)cs1. The van der Waals surface area contributed by atoms with Gasteiger partial charge in [-0.1, -0.05) is 18.9 Å². The van der Waals surface area contributed by atoms with E-state index in [0.29, 0.717) is 35.4 Å². The predicted octanol–water partition coefficient (Wildman–Crippen LogP) is 4.03. The minimum atomic E-state index is -3.69. The predicted molar refractivity (Wildman–Crippen MR) is 124 cm³/mol. The first-order valence-electron chi connectivity index (χ1n) is 10.4. The van der Waals surface area contributed by atoms with Crippen molar-refractivity contribution in [2.24, 2.45) is 0 Å². The van der Waals surface area contributed by atoms with Gasteiger partial charge in [0, 0.05) is 24.7 Å². The van der Waals surface area contributed by atoms with Gasteiger partial charge in [0.15, 0.2) is 5.13 Å². The van der Waals surface area contributed by atoms with Crippen molar-refractivity contribution in [2.75, 3.05) is 25.5 Å². The largest absolute Gasteiger partial charge is 0.496 e. The number of ether oxygens (including phenoxy) is 1. The van der Waals surface area contributed by atoms with Crippen molar-refractivity contribution in [1.29, 1.82) is 0 Å². The molecule has 1 fully saturated rings. The third kappa shape index (κ3) is 4.82. The number of benzene rings is 1. The molecular weight excluding hydrogens is 448 g/mol. The van der Waals surface area contributed by atoms with Gasteiger partial charge < -0.3 is 4.74 Å². The maximum absolute atomic E-state index is 13.2. The Kier molecular flexibility index (Phi) is 6.83. The molecule has 0 saturated carbocycles. The van der Waals surface area contributed by atoms with E-state index in [-0.39, 0.29) is 10.5 Å². The highest BCUT2D eigenvalue weighted by molar-refractivity contribution is 7.89. The zero-order chi connectivity index (χ0) is 22.6. The van der Waals surface area contributed by atoms with Crippen LogP contribution in [-0.2, 0) is 10.0 Å². The van der Waals surface area contributed by atoms with E-state index in [1.54, 1.807) is 11.6 Å². The topological polar surface area (TPSA) is 101 Å². The lowest BCUT2D eigenvalue weighted by atomic mass is 10.2. The van der Waals surface area contributed by atoms with Gasteiger partial charge in [-0.05, 0) is 43.2 Å². The molecule has 168 valence electrons. The molecule has 1 aromatic carbocycles. The molecule has 2 aromatic heterocycles. The number of aromatic nitrogens is 2. The van der Waals surface area contributed by atoms with Crippen LogP contribution in [0.5, 0.6) is 5.75 Å². The van der Waals surface area contributed by atoms with E-state index in [1.165, 1.54) is 41.0 Å². The average Bonchev–Trinajstić information content (AvgIpc) is 3.10. The lowest BCUT2D eigenvalue weighted by Crippen LogP contribution is -2.32. The van der Waals surface area contributed by atoms with Gasteiger partial charge in [-0.15, -0.1) is 11.3 Å². The molecule has 32 heavy (non-hydrogen) atoms. The standard InChI is InChI=1S/C22H24N4O4S2/c1-30-20-10-9-16(32(28,29)26-12-6-2-3-7-13-26)14-17(20)21(27)25-22-24-19(15-31-22)18-8-4-5-11-23-18/h4-5,8-11,14-15H,2-3,6-7,12-13H2,1H3,(H,24,25,27). The van der Waals surface area contributed by atoms with E-state index in [2.05, 4.69) is 15.3 Å². The van der Waals surface area contributed by atoms with E-state index >= 15 is 0 Å². The smallest absolute Gasteiger partial charge is 0.261 e. The molecule has 0 aliphatic carbocycles. The number of hydrogen-bond acceptors (Lipinski definition) is 7. The van der Waals surface area contributed by atoms with Crippen LogP contribution in [0.1, 0.15) is 36.0 Å². The maximum atomic E-state index is 13.2. The first-order chi connectivity index (χ1) is 15.5. The van der Waals surface area contributed by atoms with Crippen LogP contribution in [0.25, 0.3) is 11.4 Å². The number of amides is 1. The molecule has 0 atom stereocenters.